The average Bonchev–Trinajstić information content (AvgIpc) is 2.37. The van der Waals surface area contributed by atoms with E-state index in [1.165, 1.54) is 0 Å². The molecule has 1 aromatic rings. The van der Waals surface area contributed by atoms with Crippen molar-refractivity contribution in [3.63, 3.8) is 0 Å². The lowest BCUT2D eigenvalue weighted by Crippen LogP contribution is -2.06. The van der Waals surface area contributed by atoms with Crippen LogP contribution < -0.4 is 0 Å². The van der Waals surface area contributed by atoms with E-state index in [9.17, 15) is 9.59 Å². The molecule has 1 rings (SSSR count). The van der Waals surface area contributed by atoms with Gasteiger partial charge in [0.25, 0.3) is 6.47 Å². The Kier molecular flexibility index (Phi) is 5.79. The summed E-state index contributed by atoms with van der Waals surface area (Å²) >= 11 is 0. The summed E-state index contributed by atoms with van der Waals surface area (Å²) < 4.78 is 9.60. The lowest BCUT2D eigenvalue weighted by molar-refractivity contribution is -0.128. The van der Waals surface area contributed by atoms with Crippen LogP contribution in [0.1, 0.15) is 29.3 Å². The number of hydrogen-bond acceptors (Lipinski definition) is 4. The van der Waals surface area contributed by atoms with Crippen molar-refractivity contribution in [2.24, 2.45) is 0 Å². The second kappa shape index (κ2) is 7.44. The van der Waals surface area contributed by atoms with E-state index in [1.54, 1.807) is 12.1 Å². The molecule has 0 aromatic heterocycles. The maximum absolute atomic E-state index is 11.5. The zero-order valence-electron chi connectivity index (χ0n) is 9.85. The Balaban J connectivity index is 2.49. The smallest absolute Gasteiger partial charge is 0.338 e. The number of carbonyl (C=O) groups is 2. The van der Waals surface area contributed by atoms with Gasteiger partial charge < -0.3 is 9.47 Å². The minimum Gasteiger partial charge on any atom is -0.468 e. The molecule has 0 fully saturated rings. The predicted molar refractivity (Wildman–Crippen MR) is 62.7 cm³/mol. The number of hydrogen-bond donors (Lipinski definition) is 0. The van der Waals surface area contributed by atoms with Crippen LogP contribution in [0, 0.1) is 0 Å². The fourth-order valence-electron chi connectivity index (χ4n) is 1.31. The predicted octanol–water partition coefficient (Wildman–Crippen LogP) is 1.97. The van der Waals surface area contributed by atoms with Gasteiger partial charge in [0.1, 0.15) is 0 Å². The molecular weight excluding hydrogens is 220 g/mol. The highest BCUT2D eigenvalue weighted by atomic mass is 16.5. The van der Waals surface area contributed by atoms with E-state index in [0.29, 0.717) is 31.7 Å². The van der Waals surface area contributed by atoms with Crippen molar-refractivity contribution in [3.05, 3.63) is 35.4 Å². The summed E-state index contributed by atoms with van der Waals surface area (Å²) in [5.41, 5.74) is 1.55. The lowest BCUT2D eigenvalue weighted by Gasteiger charge is -2.04. The summed E-state index contributed by atoms with van der Waals surface area (Å²) in [6.45, 7) is 3.16. The molecule has 0 heterocycles. The minimum atomic E-state index is -0.303. The SMILES string of the molecule is CCCOC(=O)c1ccc(CCOC=O)cc1. The van der Waals surface area contributed by atoms with Crippen LogP contribution in [0.25, 0.3) is 0 Å². The topological polar surface area (TPSA) is 52.6 Å². The van der Waals surface area contributed by atoms with Gasteiger partial charge in [-0.05, 0) is 24.1 Å². The lowest BCUT2D eigenvalue weighted by atomic mass is 10.1. The quantitative estimate of drug-likeness (QED) is 0.412. The van der Waals surface area contributed by atoms with Gasteiger partial charge in [-0.2, -0.15) is 0 Å². The second-order valence-corrected chi connectivity index (χ2v) is 3.55. The van der Waals surface area contributed by atoms with Crippen LogP contribution in [-0.2, 0) is 20.7 Å². The monoisotopic (exact) mass is 236 g/mol. The third-order valence-electron chi connectivity index (χ3n) is 2.20. The minimum absolute atomic E-state index is 0.303. The number of benzene rings is 1. The Bertz CT molecular complexity index is 356. The maximum Gasteiger partial charge on any atom is 0.338 e. The van der Waals surface area contributed by atoms with Crippen molar-refractivity contribution in [1.29, 1.82) is 0 Å². The van der Waals surface area contributed by atoms with Crippen LogP contribution in [0.5, 0.6) is 0 Å². The van der Waals surface area contributed by atoms with Gasteiger partial charge in [0.15, 0.2) is 0 Å². The molecular formula is C13H16O4. The fourth-order valence-corrected chi connectivity index (χ4v) is 1.31. The second-order valence-electron chi connectivity index (χ2n) is 3.55. The molecule has 0 aliphatic carbocycles. The molecule has 0 amide bonds. The largest absolute Gasteiger partial charge is 0.468 e. The van der Waals surface area contributed by atoms with Gasteiger partial charge in [-0.1, -0.05) is 19.1 Å². The highest BCUT2D eigenvalue weighted by molar-refractivity contribution is 5.89. The van der Waals surface area contributed by atoms with Crippen LogP contribution in [0.15, 0.2) is 24.3 Å². The van der Waals surface area contributed by atoms with Crippen molar-refractivity contribution < 1.29 is 19.1 Å². The summed E-state index contributed by atoms with van der Waals surface area (Å²) in [4.78, 5) is 21.4. The first-order chi connectivity index (χ1) is 8.27. The molecule has 0 saturated carbocycles. The molecule has 0 saturated heterocycles. The molecule has 17 heavy (non-hydrogen) atoms. The third-order valence-corrected chi connectivity index (χ3v) is 2.20. The molecule has 0 atom stereocenters. The fraction of sp³-hybridized carbons (Fsp3) is 0.385. The highest BCUT2D eigenvalue weighted by Crippen LogP contribution is 2.07. The Morgan fingerprint density at radius 1 is 1.24 bits per heavy atom. The first-order valence-electron chi connectivity index (χ1n) is 5.59. The van der Waals surface area contributed by atoms with E-state index < -0.39 is 0 Å². The zero-order chi connectivity index (χ0) is 12.5. The molecule has 0 spiro atoms. The first kappa shape index (κ1) is 13.2. The molecule has 0 aliphatic heterocycles. The summed E-state index contributed by atoms with van der Waals surface area (Å²) in [6, 6.07) is 7.09. The molecule has 0 aliphatic rings. The molecule has 0 unspecified atom stereocenters. The Hall–Kier alpha value is -1.84. The van der Waals surface area contributed by atoms with Crippen LogP contribution in [-0.4, -0.2) is 25.7 Å². The summed E-state index contributed by atoms with van der Waals surface area (Å²) in [5, 5.41) is 0. The third kappa shape index (κ3) is 4.68. The zero-order valence-corrected chi connectivity index (χ0v) is 9.85. The van der Waals surface area contributed by atoms with Gasteiger partial charge >= 0.3 is 5.97 Å². The highest BCUT2D eigenvalue weighted by Gasteiger charge is 2.05. The van der Waals surface area contributed by atoms with Crippen LogP contribution in [0.2, 0.25) is 0 Å². The van der Waals surface area contributed by atoms with E-state index in [4.69, 9.17) is 4.74 Å². The van der Waals surface area contributed by atoms with E-state index in [2.05, 4.69) is 4.74 Å². The van der Waals surface area contributed by atoms with E-state index in [1.807, 2.05) is 19.1 Å². The molecule has 0 bridgehead atoms. The molecule has 0 radical (unpaired) electrons. The number of ether oxygens (including phenoxy) is 2. The Labute approximate surface area is 101 Å². The van der Waals surface area contributed by atoms with Gasteiger partial charge in [0.05, 0.1) is 18.8 Å². The van der Waals surface area contributed by atoms with Crippen molar-refractivity contribution in [3.8, 4) is 0 Å². The van der Waals surface area contributed by atoms with Crippen molar-refractivity contribution >= 4 is 12.4 Å². The summed E-state index contributed by atoms with van der Waals surface area (Å²) in [6.07, 6.45) is 1.45. The Morgan fingerprint density at radius 3 is 2.53 bits per heavy atom. The van der Waals surface area contributed by atoms with Crippen molar-refractivity contribution in [1.82, 2.24) is 0 Å². The molecule has 0 N–H and O–H groups in total. The number of esters is 1. The van der Waals surface area contributed by atoms with Crippen LogP contribution in [0.3, 0.4) is 0 Å². The summed E-state index contributed by atoms with van der Waals surface area (Å²) in [7, 11) is 0. The normalized spacial score (nSPS) is 9.71. The van der Waals surface area contributed by atoms with Gasteiger partial charge in [-0.3, -0.25) is 4.79 Å². The van der Waals surface area contributed by atoms with Crippen molar-refractivity contribution in [2.75, 3.05) is 13.2 Å². The average molecular weight is 236 g/mol. The molecule has 4 heteroatoms. The van der Waals surface area contributed by atoms with Crippen LogP contribution in [0.4, 0.5) is 0 Å². The van der Waals surface area contributed by atoms with Gasteiger partial charge in [-0.15, -0.1) is 0 Å². The molecule has 1 aromatic carbocycles. The number of carbonyl (C=O) groups excluding carboxylic acids is 2. The molecule has 92 valence electrons. The first-order valence-corrected chi connectivity index (χ1v) is 5.59. The van der Waals surface area contributed by atoms with Gasteiger partial charge in [0, 0.05) is 6.42 Å². The standard InChI is InChI=1S/C13H16O4/c1-2-8-17-13(15)12-5-3-11(4-6-12)7-9-16-10-14/h3-6,10H,2,7-9H2,1H3. The summed E-state index contributed by atoms with van der Waals surface area (Å²) in [5.74, 6) is -0.303. The maximum atomic E-state index is 11.5. The van der Waals surface area contributed by atoms with Gasteiger partial charge in [0.2, 0.25) is 0 Å². The van der Waals surface area contributed by atoms with Crippen LogP contribution >= 0.6 is 0 Å². The van der Waals surface area contributed by atoms with E-state index in [0.717, 1.165) is 12.0 Å². The van der Waals surface area contributed by atoms with Gasteiger partial charge in [-0.25, -0.2) is 4.79 Å². The van der Waals surface area contributed by atoms with E-state index >= 15 is 0 Å². The van der Waals surface area contributed by atoms with Crippen molar-refractivity contribution in [2.45, 2.75) is 19.8 Å². The number of rotatable bonds is 7. The van der Waals surface area contributed by atoms with E-state index in [-0.39, 0.29) is 5.97 Å². The molecule has 4 nitrogen and oxygen atoms in total. The Morgan fingerprint density at radius 2 is 1.94 bits per heavy atom.